The molecule has 1 aromatic heterocycles. The second-order valence-corrected chi connectivity index (χ2v) is 5.28. The Morgan fingerprint density at radius 3 is 2.95 bits per heavy atom. The maximum atomic E-state index is 13.6. The number of benzene rings is 1. The number of halogens is 2. The molecule has 0 aliphatic rings. The Balaban J connectivity index is 2.09. The molecule has 1 N–H and O–H groups in total. The summed E-state index contributed by atoms with van der Waals surface area (Å²) >= 11 is 7.38. The highest BCUT2D eigenvalue weighted by molar-refractivity contribution is 7.10. The third kappa shape index (κ3) is 3.73. The molecule has 2 aromatic rings. The topological polar surface area (TPSA) is 29.5 Å². The van der Waals surface area contributed by atoms with Crippen LogP contribution in [-0.2, 0) is 6.61 Å². The van der Waals surface area contributed by atoms with Crippen molar-refractivity contribution in [3.8, 4) is 17.6 Å². The highest BCUT2D eigenvalue weighted by Gasteiger charge is 2.10. The number of hydrogen-bond donors (Lipinski definition) is 1. The van der Waals surface area contributed by atoms with Gasteiger partial charge in [0.2, 0.25) is 0 Å². The smallest absolute Gasteiger partial charge is 0.174 e. The number of aliphatic hydroxyl groups excluding tert-OH is 1. The van der Waals surface area contributed by atoms with E-state index in [0.717, 1.165) is 10.4 Å². The lowest BCUT2D eigenvalue weighted by Crippen LogP contribution is -1.97. The number of para-hydroxylation sites is 1. The van der Waals surface area contributed by atoms with E-state index in [1.807, 2.05) is 11.4 Å². The summed E-state index contributed by atoms with van der Waals surface area (Å²) in [6, 6.07) is 6.28. The van der Waals surface area contributed by atoms with Crippen LogP contribution in [-0.4, -0.2) is 11.7 Å². The molecule has 2 rings (SSSR count). The van der Waals surface area contributed by atoms with Gasteiger partial charge < -0.3 is 9.84 Å². The van der Waals surface area contributed by atoms with Crippen molar-refractivity contribution in [2.75, 3.05) is 6.61 Å². The van der Waals surface area contributed by atoms with Crippen LogP contribution in [0.15, 0.2) is 29.6 Å². The van der Waals surface area contributed by atoms with Gasteiger partial charge in [-0.2, -0.15) is 0 Å². The third-order valence-electron chi connectivity index (χ3n) is 2.47. The summed E-state index contributed by atoms with van der Waals surface area (Å²) in [4.78, 5) is 0.898. The minimum absolute atomic E-state index is 0.0355. The number of ether oxygens (including phenoxy) is 1. The Labute approximate surface area is 125 Å². The minimum atomic E-state index is -0.484. The first-order valence-corrected chi connectivity index (χ1v) is 7.21. The average Bonchev–Trinajstić information content (AvgIpc) is 2.86. The van der Waals surface area contributed by atoms with E-state index in [0.29, 0.717) is 6.42 Å². The normalized spacial score (nSPS) is 9.95. The largest absolute Gasteiger partial charge is 0.483 e. The highest BCUT2D eigenvalue weighted by Crippen LogP contribution is 2.29. The average molecular weight is 311 g/mol. The molecule has 0 unspecified atom stereocenters. The molecule has 1 heterocycles. The van der Waals surface area contributed by atoms with Gasteiger partial charge in [-0.3, -0.25) is 0 Å². The molecule has 0 saturated carbocycles. The van der Waals surface area contributed by atoms with E-state index in [4.69, 9.17) is 21.4 Å². The van der Waals surface area contributed by atoms with Crippen molar-refractivity contribution in [1.82, 2.24) is 0 Å². The van der Waals surface area contributed by atoms with Gasteiger partial charge in [0, 0.05) is 12.0 Å². The second kappa shape index (κ2) is 7.30. The van der Waals surface area contributed by atoms with Gasteiger partial charge in [-0.05, 0) is 23.6 Å². The summed E-state index contributed by atoms with van der Waals surface area (Å²) < 4.78 is 19.0. The molecule has 0 spiro atoms. The Hall–Kier alpha value is -1.54. The highest BCUT2D eigenvalue weighted by atomic mass is 35.5. The number of rotatable bonds is 4. The summed E-state index contributed by atoms with van der Waals surface area (Å²) in [6.45, 7) is 0.245. The standard InChI is InChI=1S/C15H12ClFO2S/c16-12-5-3-6-13(17)15(12)19-10-14-11(7-9-20-14)4-1-2-8-18/h3,5-7,9,18H,2,8,10H2. The zero-order valence-electron chi connectivity index (χ0n) is 10.5. The third-order valence-corrected chi connectivity index (χ3v) is 3.66. The van der Waals surface area contributed by atoms with Gasteiger partial charge in [0.25, 0.3) is 0 Å². The van der Waals surface area contributed by atoms with Crippen LogP contribution in [0.2, 0.25) is 5.02 Å². The monoisotopic (exact) mass is 310 g/mol. The van der Waals surface area contributed by atoms with Crippen LogP contribution >= 0.6 is 22.9 Å². The van der Waals surface area contributed by atoms with E-state index in [9.17, 15) is 4.39 Å². The maximum Gasteiger partial charge on any atom is 0.174 e. The first-order chi connectivity index (χ1) is 9.72. The Morgan fingerprint density at radius 2 is 2.20 bits per heavy atom. The second-order valence-electron chi connectivity index (χ2n) is 3.87. The fourth-order valence-corrected chi connectivity index (χ4v) is 2.49. The minimum Gasteiger partial charge on any atom is -0.483 e. The van der Waals surface area contributed by atoms with E-state index >= 15 is 0 Å². The molecule has 104 valence electrons. The molecule has 2 nitrogen and oxygen atoms in total. The molecule has 20 heavy (non-hydrogen) atoms. The van der Waals surface area contributed by atoms with Gasteiger partial charge in [-0.1, -0.05) is 29.5 Å². The lowest BCUT2D eigenvalue weighted by atomic mass is 10.2. The Kier molecular flexibility index (Phi) is 5.42. The van der Waals surface area contributed by atoms with Crippen molar-refractivity contribution in [3.05, 3.63) is 50.9 Å². The lowest BCUT2D eigenvalue weighted by Gasteiger charge is -2.08. The zero-order chi connectivity index (χ0) is 14.4. The fourth-order valence-electron chi connectivity index (χ4n) is 1.54. The summed E-state index contributed by atoms with van der Waals surface area (Å²) in [5, 5.41) is 10.8. The van der Waals surface area contributed by atoms with Crippen molar-refractivity contribution in [2.45, 2.75) is 13.0 Å². The number of hydrogen-bond acceptors (Lipinski definition) is 3. The molecule has 0 radical (unpaired) electrons. The molecule has 1 aromatic carbocycles. The number of aliphatic hydroxyl groups is 1. The van der Waals surface area contributed by atoms with E-state index in [2.05, 4.69) is 11.8 Å². The van der Waals surface area contributed by atoms with Crippen molar-refractivity contribution in [1.29, 1.82) is 0 Å². The van der Waals surface area contributed by atoms with Crippen LogP contribution in [0.1, 0.15) is 16.9 Å². The maximum absolute atomic E-state index is 13.6. The summed E-state index contributed by atoms with van der Waals surface area (Å²) in [5.41, 5.74) is 0.830. The molecule has 5 heteroatoms. The number of thiophene rings is 1. The summed E-state index contributed by atoms with van der Waals surface area (Å²) in [6.07, 6.45) is 0.426. The molecule has 0 saturated heterocycles. The van der Waals surface area contributed by atoms with Crippen LogP contribution in [0.25, 0.3) is 0 Å². The van der Waals surface area contributed by atoms with Crippen molar-refractivity contribution < 1.29 is 14.2 Å². The Morgan fingerprint density at radius 1 is 1.35 bits per heavy atom. The van der Waals surface area contributed by atoms with E-state index in [1.165, 1.54) is 23.5 Å². The molecule has 0 atom stereocenters. The van der Waals surface area contributed by atoms with Gasteiger partial charge >= 0.3 is 0 Å². The molecular formula is C15H12ClFO2S. The van der Waals surface area contributed by atoms with E-state index in [1.54, 1.807) is 6.07 Å². The van der Waals surface area contributed by atoms with Gasteiger partial charge in [0.1, 0.15) is 6.61 Å². The van der Waals surface area contributed by atoms with Gasteiger partial charge in [0.05, 0.1) is 16.5 Å². The van der Waals surface area contributed by atoms with Crippen LogP contribution in [0.4, 0.5) is 4.39 Å². The van der Waals surface area contributed by atoms with E-state index < -0.39 is 5.82 Å². The zero-order valence-corrected chi connectivity index (χ0v) is 12.1. The summed E-state index contributed by atoms with van der Waals surface area (Å²) in [7, 11) is 0. The molecule has 0 amide bonds. The molecule has 0 aliphatic carbocycles. The van der Waals surface area contributed by atoms with Crippen LogP contribution < -0.4 is 4.74 Å². The van der Waals surface area contributed by atoms with Crippen molar-refractivity contribution in [3.63, 3.8) is 0 Å². The van der Waals surface area contributed by atoms with Crippen LogP contribution in [0, 0.1) is 17.7 Å². The predicted octanol–water partition coefficient (Wildman–Crippen LogP) is 3.85. The SMILES string of the molecule is OCCC#Cc1ccsc1COc1c(F)cccc1Cl. The van der Waals surface area contributed by atoms with Crippen LogP contribution in [0.5, 0.6) is 5.75 Å². The van der Waals surface area contributed by atoms with Gasteiger partial charge in [0.15, 0.2) is 11.6 Å². The van der Waals surface area contributed by atoms with Crippen molar-refractivity contribution >= 4 is 22.9 Å². The van der Waals surface area contributed by atoms with Gasteiger partial charge in [-0.25, -0.2) is 4.39 Å². The molecule has 0 aliphatic heterocycles. The first-order valence-electron chi connectivity index (χ1n) is 5.95. The lowest BCUT2D eigenvalue weighted by molar-refractivity contribution is 0.293. The molecule has 0 fully saturated rings. The molecule has 0 bridgehead atoms. The summed E-state index contributed by atoms with van der Waals surface area (Å²) in [5.74, 6) is 5.37. The first kappa shape index (κ1) is 14.9. The Bertz CT molecular complexity index is 623. The predicted molar refractivity (Wildman–Crippen MR) is 78.6 cm³/mol. The van der Waals surface area contributed by atoms with Crippen LogP contribution in [0.3, 0.4) is 0 Å². The van der Waals surface area contributed by atoms with E-state index in [-0.39, 0.29) is 24.0 Å². The van der Waals surface area contributed by atoms with Gasteiger partial charge in [-0.15, -0.1) is 11.3 Å². The quantitative estimate of drug-likeness (QED) is 0.869. The molecular weight excluding hydrogens is 299 g/mol. The fraction of sp³-hybridized carbons (Fsp3) is 0.200. The van der Waals surface area contributed by atoms with Crippen molar-refractivity contribution in [2.24, 2.45) is 0 Å².